The summed E-state index contributed by atoms with van der Waals surface area (Å²) in [6.07, 6.45) is 2.67. The molecule has 0 spiro atoms. The third-order valence-corrected chi connectivity index (χ3v) is 6.18. The van der Waals surface area contributed by atoms with Gasteiger partial charge in [0.15, 0.2) is 0 Å². The molecule has 0 amide bonds. The molecule has 3 aromatic carbocycles. The number of nitrogens with zero attached hydrogens (tertiary/aromatic N) is 4. The second-order valence-electron chi connectivity index (χ2n) is 7.64. The van der Waals surface area contributed by atoms with E-state index in [0.29, 0.717) is 0 Å². The Bertz CT molecular complexity index is 1280. The first-order chi connectivity index (χ1) is 16.8. The van der Waals surface area contributed by atoms with Crippen LogP contribution in [0.4, 0.5) is 5.69 Å². The molecule has 1 heterocycles. The molecule has 0 radical (unpaired) electrons. The molecule has 0 aliphatic rings. The van der Waals surface area contributed by atoms with E-state index in [9.17, 15) is 0 Å². The molecule has 4 nitrogen and oxygen atoms in total. The Morgan fingerprint density at radius 1 is 0.765 bits per heavy atom. The lowest BCUT2D eigenvalue weighted by molar-refractivity contribution is 1.08. The SMILES string of the molecule is CC/C(C)=C(\N=Nc1ccsc1/C=N\N=C(c1ccccc1)c1ccccc1)c1ccccc1. The third-order valence-electron chi connectivity index (χ3n) is 5.34. The fourth-order valence-electron chi connectivity index (χ4n) is 3.36. The van der Waals surface area contributed by atoms with Gasteiger partial charge < -0.3 is 0 Å². The van der Waals surface area contributed by atoms with E-state index in [1.165, 1.54) is 5.57 Å². The molecule has 0 fully saturated rings. The van der Waals surface area contributed by atoms with Crippen LogP contribution in [0.1, 0.15) is 41.8 Å². The van der Waals surface area contributed by atoms with Gasteiger partial charge in [0.25, 0.3) is 0 Å². The Hall–Kier alpha value is -3.96. The lowest BCUT2D eigenvalue weighted by Crippen LogP contribution is -2.02. The standard InChI is InChI=1S/C29H26N4S/c1-3-22(2)28(23-13-7-4-8-14-23)33-31-26-19-20-34-27(26)21-30-32-29(24-15-9-5-10-16-24)25-17-11-6-12-18-25/h4-21H,3H2,1-2H3/b28-22-,30-21-,33-31?. The second kappa shape index (κ2) is 11.8. The zero-order chi connectivity index (χ0) is 23.6. The van der Waals surface area contributed by atoms with Crippen LogP contribution in [0.15, 0.2) is 128 Å². The average Bonchev–Trinajstić information content (AvgIpc) is 3.35. The minimum Gasteiger partial charge on any atom is -0.157 e. The van der Waals surface area contributed by atoms with E-state index >= 15 is 0 Å². The minimum absolute atomic E-state index is 0.780. The molecule has 0 unspecified atom stereocenters. The van der Waals surface area contributed by atoms with Gasteiger partial charge in [0.05, 0.1) is 16.8 Å². The molecule has 0 saturated carbocycles. The summed E-state index contributed by atoms with van der Waals surface area (Å²) in [5.41, 5.74) is 6.81. The van der Waals surface area contributed by atoms with Crippen molar-refractivity contribution in [2.45, 2.75) is 20.3 Å². The quantitative estimate of drug-likeness (QED) is 0.143. The van der Waals surface area contributed by atoms with Gasteiger partial charge in [-0.3, -0.25) is 0 Å². The number of thiophene rings is 1. The van der Waals surface area contributed by atoms with Crippen molar-refractivity contribution < 1.29 is 0 Å². The summed E-state index contributed by atoms with van der Waals surface area (Å²) in [5, 5.41) is 20.2. The van der Waals surface area contributed by atoms with Crippen molar-refractivity contribution in [3.8, 4) is 0 Å². The van der Waals surface area contributed by atoms with Gasteiger partial charge in [0.1, 0.15) is 11.4 Å². The van der Waals surface area contributed by atoms with Gasteiger partial charge in [0, 0.05) is 16.7 Å². The van der Waals surface area contributed by atoms with Crippen LogP contribution in [-0.4, -0.2) is 11.9 Å². The summed E-state index contributed by atoms with van der Waals surface area (Å²) in [5.74, 6) is 0. The first-order valence-corrected chi connectivity index (χ1v) is 12.1. The van der Waals surface area contributed by atoms with Crippen LogP contribution in [0, 0.1) is 0 Å². The lowest BCUT2D eigenvalue weighted by Gasteiger charge is -2.05. The van der Waals surface area contributed by atoms with Crippen LogP contribution in [0.2, 0.25) is 0 Å². The van der Waals surface area contributed by atoms with Gasteiger partial charge in [-0.1, -0.05) is 97.9 Å². The third kappa shape index (κ3) is 5.88. The monoisotopic (exact) mass is 462 g/mol. The van der Waals surface area contributed by atoms with Crippen LogP contribution in [0.25, 0.3) is 5.70 Å². The molecular formula is C29H26N4S. The van der Waals surface area contributed by atoms with E-state index in [2.05, 4.69) is 46.4 Å². The Kier molecular flexibility index (Phi) is 8.04. The highest BCUT2D eigenvalue weighted by Gasteiger charge is 2.08. The van der Waals surface area contributed by atoms with Gasteiger partial charge in [-0.2, -0.15) is 5.10 Å². The molecule has 4 rings (SSSR count). The summed E-state index contributed by atoms with van der Waals surface area (Å²) in [6, 6.07) is 32.3. The van der Waals surface area contributed by atoms with Gasteiger partial charge >= 0.3 is 0 Å². The van der Waals surface area contributed by atoms with Crippen molar-refractivity contribution >= 4 is 34.6 Å². The first kappa shape index (κ1) is 23.2. The van der Waals surface area contributed by atoms with Crippen molar-refractivity contribution in [2.75, 3.05) is 0 Å². The zero-order valence-corrected chi connectivity index (χ0v) is 20.1. The molecule has 0 aliphatic heterocycles. The summed E-state index contributed by atoms with van der Waals surface area (Å²) >= 11 is 1.57. The highest BCUT2D eigenvalue weighted by atomic mass is 32.1. The Morgan fingerprint density at radius 2 is 1.32 bits per heavy atom. The van der Waals surface area contributed by atoms with Crippen LogP contribution >= 0.6 is 11.3 Å². The summed E-state index contributed by atoms with van der Waals surface area (Å²) in [7, 11) is 0. The largest absolute Gasteiger partial charge is 0.157 e. The van der Waals surface area contributed by atoms with E-state index < -0.39 is 0 Å². The zero-order valence-electron chi connectivity index (χ0n) is 19.3. The average molecular weight is 463 g/mol. The van der Waals surface area contributed by atoms with Crippen LogP contribution < -0.4 is 0 Å². The smallest absolute Gasteiger partial charge is 0.105 e. The maximum absolute atomic E-state index is 4.62. The highest BCUT2D eigenvalue weighted by Crippen LogP contribution is 2.28. The summed E-state index contributed by atoms with van der Waals surface area (Å²) in [6.45, 7) is 4.23. The van der Waals surface area contributed by atoms with Crippen molar-refractivity contribution in [1.29, 1.82) is 0 Å². The Balaban J connectivity index is 1.62. The molecule has 5 heteroatoms. The van der Waals surface area contributed by atoms with E-state index in [4.69, 9.17) is 0 Å². The molecule has 1 aromatic heterocycles. The normalized spacial score (nSPS) is 12.2. The maximum Gasteiger partial charge on any atom is 0.105 e. The Morgan fingerprint density at radius 3 is 1.88 bits per heavy atom. The highest BCUT2D eigenvalue weighted by molar-refractivity contribution is 7.12. The summed E-state index contributed by atoms with van der Waals surface area (Å²) in [4.78, 5) is 0.912. The fraction of sp³-hybridized carbons (Fsp3) is 0.103. The van der Waals surface area contributed by atoms with Gasteiger partial charge in [-0.25, -0.2) is 0 Å². The van der Waals surface area contributed by atoms with Crippen molar-refractivity contribution in [3.63, 3.8) is 0 Å². The van der Waals surface area contributed by atoms with Crippen LogP contribution in [0.3, 0.4) is 0 Å². The minimum atomic E-state index is 0.780. The summed E-state index contributed by atoms with van der Waals surface area (Å²) < 4.78 is 0. The Labute approximate surface area is 204 Å². The molecule has 0 saturated heterocycles. The first-order valence-electron chi connectivity index (χ1n) is 11.2. The van der Waals surface area contributed by atoms with Crippen LogP contribution in [-0.2, 0) is 0 Å². The van der Waals surface area contributed by atoms with Gasteiger partial charge in [0.2, 0.25) is 0 Å². The van der Waals surface area contributed by atoms with Crippen molar-refractivity contribution in [1.82, 2.24) is 0 Å². The number of allylic oxidation sites excluding steroid dienone is 1. The van der Waals surface area contributed by atoms with E-state index in [-0.39, 0.29) is 0 Å². The topological polar surface area (TPSA) is 49.4 Å². The predicted octanol–water partition coefficient (Wildman–Crippen LogP) is 8.54. The van der Waals surface area contributed by atoms with Gasteiger partial charge in [-0.15, -0.1) is 26.7 Å². The number of rotatable bonds is 8. The predicted molar refractivity (Wildman–Crippen MR) is 144 cm³/mol. The molecule has 0 bridgehead atoms. The molecule has 168 valence electrons. The van der Waals surface area contributed by atoms with E-state index in [0.717, 1.165) is 45.1 Å². The van der Waals surface area contributed by atoms with Crippen molar-refractivity contribution in [2.24, 2.45) is 20.4 Å². The van der Waals surface area contributed by atoms with Crippen LogP contribution in [0.5, 0.6) is 0 Å². The molecule has 4 aromatic rings. The maximum atomic E-state index is 4.62. The second-order valence-corrected chi connectivity index (χ2v) is 8.59. The number of benzene rings is 3. The molecular weight excluding hydrogens is 436 g/mol. The number of hydrogen-bond acceptors (Lipinski definition) is 5. The lowest BCUT2D eigenvalue weighted by atomic mass is 10.0. The molecule has 0 atom stereocenters. The fourth-order valence-corrected chi connectivity index (χ4v) is 4.04. The number of azo groups is 1. The van der Waals surface area contributed by atoms with Gasteiger partial charge in [-0.05, 0) is 30.4 Å². The van der Waals surface area contributed by atoms with E-state index in [1.54, 1.807) is 17.6 Å². The van der Waals surface area contributed by atoms with E-state index in [1.807, 2.05) is 90.3 Å². The molecule has 34 heavy (non-hydrogen) atoms. The molecule has 0 aliphatic carbocycles. The van der Waals surface area contributed by atoms with Crippen molar-refractivity contribution in [3.05, 3.63) is 130 Å². The molecule has 0 N–H and O–H groups in total. The number of hydrogen-bond donors (Lipinski definition) is 0.